The summed E-state index contributed by atoms with van der Waals surface area (Å²) in [5, 5.41) is 12.3. The van der Waals surface area contributed by atoms with Gasteiger partial charge in [0.15, 0.2) is 0 Å². The van der Waals surface area contributed by atoms with Crippen LogP contribution in [0.25, 0.3) is 0 Å². The van der Waals surface area contributed by atoms with Crippen molar-refractivity contribution in [3.8, 4) is 0 Å². The lowest BCUT2D eigenvalue weighted by molar-refractivity contribution is -0.147. The third kappa shape index (κ3) is 20.7. The first-order chi connectivity index (χ1) is 14.8. The van der Waals surface area contributed by atoms with Crippen molar-refractivity contribution in [2.24, 2.45) is 0 Å². The number of nitrogens with one attached hydrogen (secondary N) is 1. The van der Waals surface area contributed by atoms with Crippen LogP contribution in [-0.4, -0.2) is 54.3 Å². The van der Waals surface area contributed by atoms with Gasteiger partial charge in [-0.25, -0.2) is 4.57 Å². The van der Waals surface area contributed by atoms with Crippen molar-refractivity contribution in [1.29, 1.82) is 0 Å². The van der Waals surface area contributed by atoms with Crippen molar-refractivity contribution in [3.05, 3.63) is 0 Å². The van der Waals surface area contributed by atoms with E-state index in [1.54, 1.807) is 0 Å². The highest BCUT2D eigenvalue weighted by molar-refractivity contribution is 7.47. The zero-order chi connectivity index (χ0) is 23.4. The molecule has 0 aromatic rings. The Bertz CT molecular complexity index is 518. The maximum atomic E-state index is 11.8. The molecule has 0 rings (SSSR count). The summed E-state index contributed by atoms with van der Waals surface area (Å²) in [4.78, 5) is 32.8. The topological polar surface area (TPSA) is 131 Å². The Kier molecular flexibility index (Phi) is 19.0. The molecule has 9 nitrogen and oxygen atoms in total. The van der Waals surface area contributed by atoms with Crippen LogP contribution >= 0.6 is 7.82 Å². The highest BCUT2D eigenvalue weighted by Gasteiger charge is 2.23. The summed E-state index contributed by atoms with van der Waals surface area (Å²) in [5.74, 6) is -0.551. The number of amides is 1. The van der Waals surface area contributed by atoms with E-state index in [2.05, 4.69) is 12.2 Å². The number of unbranched alkanes of at least 4 members (excludes halogenated alkanes) is 8. The monoisotopic (exact) mass is 467 g/mol. The predicted octanol–water partition coefficient (Wildman–Crippen LogP) is 3.86. The van der Waals surface area contributed by atoms with Crippen LogP contribution in [0.5, 0.6) is 0 Å². The second-order valence-corrected chi connectivity index (χ2v) is 9.07. The number of carbonyl (C=O) groups excluding carboxylic acids is 2. The molecule has 0 aromatic carbocycles. The fraction of sp³-hybridized carbons (Fsp3) is 0.905. The van der Waals surface area contributed by atoms with E-state index in [0.29, 0.717) is 6.42 Å². The van der Waals surface area contributed by atoms with Gasteiger partial charge in [-0.3, -0.25) is 18.6 Å². The average molecular weight is 468 g/mol. The van der Waals surface area contributed by atoms with Gasteiger partial charge in [0.05, 0.1) is 13.2 Å². The molecule has 3 N–H and O–H groups in total. The molecule has 2 atom stereocenters. The minimum absolute atomic E-state index is 0.0810. The van der Waals surface area contributed by atoms with Gasteiger partial charge in [0.2, 0.25) is 5.91 Å². The summed E-state index contributed by atoms with van der Waals surface area (Å²) in [7, 11) is -4.37. The van der Waals surface area contributed by atoms with Gasteiger partial charge in [-0.15, -0.1) is 0 Å². The lowest BCUT2D eigenvalue weighted by Crippen LogP contribution is -2.27. The van der Waals surface area contributed by atoms with Crippen molar-refractivity contribution < 1.29 is 37.9 Å². The van der Waals surface area contributed by atoms with E-state index in [0.717, 1.165) is 38.5 Å². The Morgan fingerprint density at radius 1 is 0.871 bits per heavy atom. The lowest BCUT2D eigenvalue weighted by atomic mass is 10.1. The molecule has 0 aliphatic rings. The van der Waals surface area contributed by atoms with Crippen LogP contribution in [0.15, 0.2) is 0 Å². The van der Waals surface area contributed by atoms with Gasteiger partial charge in [0.1, 0.15) is 12.7 Å². The molecule has 10 heteroatoms. The molecule has 184 valence electrons. The summed E-state index contributed by atoms with van der Waals surface area (Å²) in [6.07, 6.45) is 9.89. The van der Waals surface area contributed by atoms with Crippen LogP contribution < -0.4 is 5.32 Å². The molecule has 0 aliphatic carbocycles. The van der Waals surface area contributed by atoms with Gasteiger partial charge in [0, 0.05) is 19.4 Å². The third-order valence-corrected chi connectivity index (χ3v) is 5.52. The van der Waals surface area contributed by atoms with Crippen molar-refractivity contribution in [2.75, 3.05) is 26.4 Å². The van der Waals surface area contributed by atoms with E-state index in [9.17, 15) is 24.2 Å². The van der Waals surface area contributed by atoms with Gasteiger partial charge in [-0.1, -0.05) is 65.2 Å². The maximum absolute atomic E-state index is 11.8. The molecule has 2 unspecified atom stereocenters. The largest absolute Gasteiger partial charge is 0.472 e. The lowest BCUT2D eigenvalue weighted by Gasteiger charge is -2.15. The third-order valence-electron chi connectivity index (χ3n) is 4.54. The number of carbonyl (C=O) groups is 2. The summed E-state index contributed by atoms with van der Waals surface area (Å²) < 4.78 is 26.1. The molecule has 0 saturated carbocycles. The number of rotatable bonds is 21. The first-order valence-electron chi connectivity index (χ1n) is 11.5. The van der Waals surface area contributed by atoms with Crippen LogP contribution in [0.4, 0.5) is 0 Å². The van der Waals surface area contributed by atoms with Gasteiger partial charge in [0.25, 0.3) is 0 Å². The Labute approximate surface area is 186 Å². The van der Waals surface area contributed by atoms with E-state index in [1.165, 1.54) is 25.7 Å². The Hall–Kier alpha value is -0.990. The smallest absolute Gasteiger partial charge is 0.463 e. The number of esters is 1. The SMILES string of the molecule is CCCCCCCCCC(=O)OCC(O)COP(=O)(O)OCCNC(=O)CCCCC. The van der Waals surface area contributed by atoms with Gasteiger partial charge < -0.3 is 20.1 Å². The quantitative estimate of drug-likeness (QED) is 0.132. The van der Waals surface area contributed by atoms with Crippen LogP contribution in [0.3, 0.4) is 0 Å². The van der Waals surface area contributed by atoms with E-state index >= 15 is 0 Å². The Balaban J connectivity index is 3.75. The Morgan fingerprint density at radius 2 is 1.45 bits per heavy atom. The fourth-order valence-electron chi connectivity index (χ4n) is 2.73. The van der Waals surface area contributed by atoms with E-state index < -0.39 is 26.5 Å². The van der Waals surface area contributed by atoms with Crippen LogP contribution in [-0.2, 0) is 27.9 Å². The van der Waals surface area contributed by atoms with Crippen LogP contribution in [0.1, 0.15) is 90.9 Å². The molecule has 0 radical (unpaired) electrons. The summed E-state index contributed by atoms with van der Waals surface area (Å²) in [5.41, 5.74) is 0. The highest BCUT2D eigenvalue weighted by Crippen LogP contribution is 2.42. The standard InChI is InChI=1S/C21H42NO8P/c1-3-5-7-8-9-10-12-14-21(25)28-17-19(23)18-30-31(26,27)29-16-15-22-20(24)13-11-6-4-2/h19,23H,3-18H2,1-2H3,(H,22,24)(H,26,27). The molecule has 0 heterocycles. The molecule has 0 bridgehead atoms. The van der Waals surface area contributed by atoms with E-state index in [4.69, 9.17) is 13.8 Å². The van der Waals surface area contributed by atoms with Gasteiger partial charge >= 0.3 is 13.8 Å². The van der Waals surface area contributed by atoms with Crippen molar-refractivity contribution >= 4 is 19.7 Å². The second-order valence-electron chi connectivity index (χ2n) is 7.61. The maximum Gasteiger partial charge on any atom is 0.472 e. The first-order valence-corrected chi connectivity index (χ1v) is 13.0. The number of hydrogen-bond acceptors (Lipinski definition) is 7. The van der Waals surface area contributed by atoms with Crippen molar-refractivity contribution in [2.45, 2.75) is 97.0 Å². The first kappa shape index (κ1) is 30.0. The molecule has 0 aliphatic heterocycles. The fourth-order valence-corrected chi connectivity index (χ4v) is 3.49. The van der Waals surface area contributed by atoms with Crippen LogP contribution in [0, 0.1) is 0 Å². The average Bonchev–Trinajstić information content (AvgIpc) is 2.73. The molecule has 0 aromatic heterocycles. The van der Waals surface area contributed by atoms with E-state index in [-0.39, 0.29) is 32.1 Å². The number of phosphoric ester groups is 1. The minimum Gasteiger partial charge on any atom is -0.463 e. The Morgan fingerprint density at radius 3 is 2.13 bits per heavy atom. The minimum atomic E-state index is -4.37. The predicted molar refractivity (Wildman–Crippen MR) is 118 cm³/mol. The zero-order valence-electron chi connectivity index (χ0n) is 19.2. The van der Waals surface area contributed by atoms with Gasteiger partial charge in [-0.05, 0) is 12.8 Å². The summed E-state index contributed by atoms with van der Waals surface area (Å²) >= 11 is 0. The van der Waals surface area contributed by atoms with E-state index in [1.807, 2.05) is 6.92 Å². The zero-order valence-corrected chi connectivity index (χ0v) is 20.1. The molecule has 0 saturated heterocycles. The number of aliphatic hydroxyl groups excluding tert-OH is 1. The molecule has 1 amide bonds. The number of hydrogen-bond donors (Lipinski definition) is 3. The highest BCUT2D eigenvalue weighted by atomic mass is 31.2. The summed E-state index contributed by atoms with van der Waals surface area (Å²) in [6.45, 7) is 3.27. The molecule has 31 heavy (non-hydrogen) atoms. The second kappa shape index (κ2) is 19.7. The van der Waals surface area contributed by atoms with Crippen molar-refractivity contribution in [1.82, 2.24) is 5.32 Å². The molecule has 0 fully saturated rings. The molecule has 0 spiro atoms. The van der Waals surface area contributed by atoms with Crippen LogP contribution in [0.2, 0.25) is 0 Å². The molecular formula is C21H42NO8P. The van der Waals surface area contributed by atoms with Gasteiger partial charge in [-0.2, -0.15) is 0 Å². The number of aliphatic hydroxyl groups is 1. The molecular weight excluding hydrogens is 425 g/mol. The summed E-state index contributed by atoms with van der Waals surface area (Å²) in [6, 6.07) is 0. The van der Waals surface area contributed by atoms with Crippen molar-refractivity contribution in [3.63, 3.8) is 0 Å². The number of phosphoric acid groups is 1. The normalized spacial score (nSPS) is 14.1. The number of ether oxygens (including phenoxy) is 1.